The highest BCUT2D eigenvalue weighted by atomic mass is 79.9. The Morgan fingerprint density at radius 2 is 2.30 bits per heavy atom. The molecule has 1 saturated carbocycles. The zero-order valence-electron chi connectivity index (χ0n) is 11.7. The molecule has 1 amide bonds. The van der Waals surface area contributed by atoms with E-state index in [0.29, 0.717) is 5.92 Å². The van der Waals surface area contributed by atoms with Crippen LogP contribution in [0.3, 0.4) is 0 Å². The SMILES string of the molecule is C[C@@H]1CCCC/C1=N/NC(=O)CNc1cccc(Br)c1. The number of hydrogen-bond acceptors (Lipinski definition) is 3. The lowest BCUT2D eigenvalue weighted by atomic mass is 9.89. The number of hydrazone groups is 1. The second kappa shape index (κ2) is 7.43. The highest BCUT2D eigenvalue weighted by Gasteiger charge is 2.15. The maximum atomic E-state index is 11.8. The molecule has 2 rings (SSSR count). The van der Waals surface area contributed by atoms with Crippen LogP contribution < -0.4 is 10.7 Å². The van der Waals surface area contributed by atoms with Crippen molar-refractivity contribution in [2.75, 3.05) is 11.9 Å². The normalized spacial score (nSPS) is 20.7. The zero-order chi connectivity index (χ0) is 14.4. The number of hydrogen-bond donors (Lipinski definition) is 2. The van der Waals surface area contributed by atoms with Crippen LogP contribution in [0.4, 0.5) is 5.69 Å². The van der Waals surface area contributed by atoms with Crippen LogP contribution >= 0.6 is 15.9 Å². The van der Waals surface area contributed by atoms with Crippen molar-refractivity contribution >= 4 is 33.2 Å². The first-order valence-electron chi connectivity index (χ1n) is 7.00. The van der Waals surface area contributed by atoms with E-state index in [1.807, 2.05) is 24.3 Å². The molecule has 0 aromatic heterocycles. The van der Waals surface area contributed by atoms with Gasteiger partial charge in [0, 0.05) is 15.9 Å². The molecule has 0 unspecified atom stereocenters. The van der Waals surface area contributed by atoms with Gasteiger partial charge in [0.05, 0.1) is 6.54 Å². The van der Waals surface area contributed by atoms with Gasteiger partial charge in [0.15, 0.2) is 0 Å². The fourth-order valence-electron chi connectivity index (χ4n) is 2.29. The molecule has 1 aromatic rings. The van der Waals surface area contributed by atoms with E-state index in [-0.39, 0.29) is 12.5 Å². The number of nitrogens with zero attached hydrogens (tertiary/aromatic N) is 1. The molecule has 0 spiro atoms. The number of benzene rings is 1. The Bertz CT molecular complexity index is 502. The lowest BCUT2D eigenvalue weighted by Crippen LogP contribution is -2.28. The molecule has 0 saturated heterocycles. The van der Waals surface area contributed by atoms with Gasteiger partial charge in [-0.3, -0.25) is 4.79 Å². The molecule has 5 heteroatoms. The van der Waals surface area contributed by atoms with Crippen molar-refractivity contribution in [2.24, 2.45) is 11.0 Å². The van der Waals surface area contributed by atoms with Crippen LogP contribution in [-0.2, 0) is 4.79 Å². The molecular formula is C15H20BrN3O. The fourth-order valence-corrected chi connectivity index (χ4v) is 2.69. The average molecular weight is 338 g/mol. The summed E-state index contributed by atoms with van der Waals surface area (Å²) in [7, 11) is 0. The maximum absolute atomic E-state index is 11.8. The van der Waals surface area contributed by atoms with Gasteiger partial charge in [-0.25, -0.2) is 5.43 Å². The van der Waals surface area contributed by atoms with E-state index in [9.17, 15) is 4.79 Å². The zero-order valence-corrected chi connectivity index (χ0v) is 13.2. The smallest absolute Gasteiger partial charge is 0.259 e. The van der Waals surface area contributed by atoms with Crippen molar-refractivity contribution < 1.29 is 4.79 Å². The number of carbonyl (C=O) groups excluding carboxylic acids is 1. The minimum Gasteiger partial charge on any atom is -0.376 e. The Balaban J connectivity index is 1.79. The van der Waals surface area contributed by atoms with Gasteiger partial charge in [-0.05, 0) is 43.4 Å². The Kier molecular flexibility index (Phi) is 5.59. The second-order valence-electron chi connectivity index (χ2n) is 5.15. The number of carbonyl (C=O) groups is 1. The van der Waals surface area contributed by atoms with Gasteiger partial charge in [-0.15, -0.1) is 0 Å². The van der Waals surface area contributed by atoms with Gasteiger partial charge in [0.2, 0.25) is 0 Å². The summed E-state index contributed by atoms with van der Waals surface area (Å²) in [6.45, 7) is 2.39. The van der Waals surface area contributed by atoms with Gasteiger partial charge in [-0.1, -0.05) is 35.3 Å². The summed E-state index contributed by atoms with van der Waals surface area (Å²) < 4.78 is 0.985. The van der Waals surface area contributed by atoms with Crippen LogP contribution in [0.15, 0.2) is 33.8 Å². The molecule has 0 aliphatic heterocycles. The van der Waals surface area contributed by atoms with Gasteiger partial charge >= 0.3 is 0 Å². The summed E-state index contributed by atoms with van der Waals surface area (Å²) in [5.41, 5.74) is 4.67. The van der Waals surface area contributed by atoms with Crippen molar-refractivity contribution in [2.45, 2.75) is 32.6 Å². The molecular weight excluding hydrogens is 318 g/mol. The van der Waals surface area contributed by atoms with Gasteiger partial charge in [0.25, 0.3) is 5.91 Å². The summed E-state index contributed by atoms with van der Waals surface area (Å²) >= 11 is 3.40. The second-order valence-corrected chi connectivity index (χ2v) is 6.06. The monoisotopic (exact) mass is 337 g/mol. The van der Waals surface area contributed by atoms with Crippen molar-refractivity contribution in [3.8, 4) is 0 Å². The summed E-state index contributed by atoms with van der Waals surface area (Å²) in [4.78, 5) is 11.8. The predicted octanol–water partition coefficient (Wildman–Crippen LogP) is 3.54. The van der Waals surface area contributed by atoms with Gasteiger partial charge in [-0.2, -0.15) is 5.10 Å². The van der Waals surface area contributed by atoms with Crippen LogP contribution in [0.2, 0.25) is 0 Å². The standard InChI is InChI=1S/C15H20BrN3O/c1-11-5-2-3-8-14(11)18-19-15(20)10-17-13-7-4-6-12(16)9-13/h4,6-7,9,11,17H,2-3,5,8,10H2,1H3,(H,19,20)/b18-14-/t11-/m1/s1. The van der Waals surface area contributed by atoms with E-state index in [4.69, 9.17) is 0 Å². The number of nitrogens with one attached hydrogen (secondary N) is 2. The van der Waals surface area contributed by atoms with Gasteiger partial charge in [0.1, 0.15) is 0 Å². The van der Waals surface area contributed by atoms with E-state index < -0.39 is 0 Å². The molecule has 1 aromatic carbocycles. The molecule has 4 nitrogen and oxygen atoms in total. The number of rotatable bonds is 4. The van der Waals surface area contributed by atoms with Crippen LogP contribution in [-0.4, -0.2) is 18.2 Å². The van der Waals surface area contributed by atoms with Crippen molar-refractivity contribution in [3.05, 3.63) is 28.7 Å². The molecule has 1 aliphatic rings. The van der Waals surface area contributed by atoms with Crippen molar-refractivity contribution in [3.63, 3.8) is 0 Å². The molecule has 0 heterocycles. The Morgan fingerprint density at radius 3 is 3.05 bits per heavy atom. The summed E-state index contributed by atoms with van der Waals surface area (Å²) in [6.07, 6.45) is 4.61. The molecule has 108 valence electrons. The highest BCUT2D eigenvalue weighted by Crippen LogP contribution is 2.20. The average Bonchev–Trinajstić information content (AvgIpc) is 2.44. The molecule has 2 N–H and O–H groups in total. The minimum absolute atomic E-state index is 0.116. The fraction of sp³-hybridized carbons (Fsp3) is 0.467. The summed E-state index contributed by atoms with van der Waals surface area (Å²) in [5, 5.41) is 7.33. The minimum atomic E-state index is -0.116. The quantitative estimate of drug-likeness (QED) is 0.825. The van der Waals surface area contributed by atoms with Crippen LogP contribution in [0.25, 0.3) is 0 Å². The molecule has 1 aliphatic carbocycles. The highest BCUT2D eigenvalue weighted by molar-refractivity contribution is 9.10. The molecule has 1 fully saturated rings. The lowest BCUT2D eigenvalue weighted by molar-refractivity contribution is -0.119. The summed E-state index contributed by atoms with van der Waals surface area (Å²) in [6, 6.07) is 7.73. The van der Waals surface area contributed by atoms with E-state index in [0.717, 1.165) is 22.3 Å². The number of halogens is 1. The predicted molar refractivity (Wildman–Crippen MR) is 85.8 cm³/mol. The van der Waals surface area contributed by atoms with E-state index in [1.165, 1.54) is 19.3 Å². The largest absolute Gasteiger partial charge is 0.376 e. The Hall–Kier alpha value is -1.36. The third-order valence-corrected chi connectivity index (χ3v) is 3.98. The van der Waals surface area contributed by atoms with E-state index in [2.05, 4.69) is 38.7 Å². The van der Waals surface area contributed by atoms with Crippen molar-refractivity contribution in [1.82, 2.24) is 5.43 Å². The first-order chi connectivity index (χ1) is 9.65. The first-order valence-corrected chi connectivity index (χ1v) is 7.79. The molecule has 0 bridgehead atoms. The summed E-state index contributed by atoms with van der Waals surface area (Å²) in [5.74, 6) is 0.373. The Morgan fingerprint density at radius 1 is 1.45 bits per heavy atom. The third-order valence-electron chi connectivity index (χ3n) is 3.49. The number of anilines is 1. The molecule has 20 heavy (non-hydrogen) atoms. The number of amides is 1. The van der Waals surface area contributed by atoms with E-state index in [1.54, 1.807) is 0 Å². The first kappa shape index (κ1) is 15.0. The lowest BCUT2D eigenvalue weighted by Gasteiger charge is -2.19. The van der Waals surface area contributed by atoms with Crippen LogP contribution in [0.1, 0.15) is 32.6 Å². The molecule has 1 atom stereocenters. The third kappa shape index (κ3) is 4.63. The maximum Gasteiger partial charge on any atom is 0.259 e. The van der Waals surface area contributed by atoms with Gasteiger partial charge < -0.3 is 5.32 Å². The topological polar surface area (TPSA) is 53.5 Å². The van der Waals surface area contributed by atoms with E-state index >= 15 is 0 Å². The molecule has 0 radical (unpaired) electrons. The van der Waals surface area contributed by atoms with Crippen molar-refractivity contribution in [1.29, 1.82) is 0 Å². The van der Waals surface area contributed by atoms with Crippen LogP contribution in [0, 0.1) is 5.92 Å². The Labute approximate surface area is 128 Å². The van der Waals surface area contributed by atoms with Crippen LogP contribution in [0.5, 0.6) is 0 Å².